The maximum Gasteiger partial charge on any atom is 0.278 e. The largest absolute Gasteiger partial charge is 0.395 e. The van der Waals surface area contributed by atoms with Gasteiger partial charge < -0.3 is 11.1 Å². The third-order valence-electron chi connectivity index (χ3n) is 3.31. The van der Waals surface area contributed by atoms with Crippen LogP contribution in [0.15, 0.2) is 16.9 Å². The molecule has 4 N–H and O–H groups in total. The normalized spacial score (nSPS) is 14.3. The number of anilines is 2. The molecule has 2 aromatic rings. The number of halogens is 1. The van der Waals surface area contributed by atoms with E-state index in [1.807, 2.05) is 13.0 Å². The monoisotopic (exact) mass is 335 g/mol. The van der Waals surface area contributed by atoms with E-state index in [9.17, 15) is 4.79 Å². The number of rotatable bonds is 3. The zero-order valence-electron chi connectivity index (χ0n) is 10.9. The van der Waals surface area contributed by atoms with Crippen molar-refractivity contribution in [3.05, 3.63) is 33.8 Å². The van der Waals surface area contributed by atoms with Gasteiger partial charge in [0.2, 0.25) is 0 Å². The van der Waals surface area contributed by atoms with Crippen molar-refractivity contribution in [2.75, 3.05) is 11.1 Å². The van der Waals surface area contributed by atoms with E-state index in [0.717, 1.165) is 28.7 Å². The Kier molecular flexibility index (Phi) is 3.21. The molecule has 0 saturated heterocycles. The minimum atomic E-state index is -0.325. The number of hydrogen-bond acceptors (Lipinski definition) is 4. The highest BCUT2D eigenvalue weighted by molar-refractivity contribution is 9.10. The van der Waals surface area contributed by atoms with Crippen LogP contribution >= 0.6 is 15.9 Å². The van der Waals surface area contributed by atoms with Gasteiger partial charge in [0.15, 0.2) is 5.69 Å². The van der Waals surface area contributed by atoms with Crippen molar-refractivity contribution in [2.24, 2.45) is 0 Å². The zero-order valence-corrected chi connectivity index (χ0v) is 12.5. The molecule has 0 aromatic carbocycles. The molecule has 1 aliphatic carbocycles. The fraction of sp³-hybridized carbons (Fsp3) is 0.308. The highest BCUT2D eigenvalue weighted by Crippen LogP contribution is 2.42. The Labute approximate surface area is 124 Å². The predicted octanol–water partition coefficient (Wildman–Crippen LogP) is 2.59. The molecule has 2 aromatic heterocycles. The Balaban J connectivity index is 1.80. The lowest BCUT2D eigenvalue weighted by Crippen LogP contribution is -2.14. The Morgan fingerprint density at radius 3 is 2.95 bits per heavy atom. The Bertz CT molecular complexity index is 677. The summed E-state index contributed by atoms with van der Waals surface area (Å²) in [5.74, 6) is 0.106. The average Bonchev–Trinajstić information content (AvgIpc) is 3.17. The number of aromatic amines is 1. The Morgan fingerprint density at radius 2 is 2.30 bits per heavy atom. The smallest absolute Gasteiger partial charge is 0.278 e. The summed E-state index contributed by atoms with van der Waals surface area (Å²) >= 11 is 3.32. The van der Waals surface area contributed by atoms with E-state index in [1.54, 1.807) is 6.20 Å². The lowest BCUT2D eigenvalue weighted by atomic mass is 10.2. The predicted molar refractivity (Wildman–Crippen MR) is 79.6 cm³/mol. The Hall–Kier alpha value is -1.89. The Morgan fingerprint density at radius 1 is 1.55 bits per heavy atom. The number of nitrogen functional groups attached to an aromatic ring is 1. The van der Waals surface area contributed by atoms with Crippen LogP contribution in [0.5, 0.6) is 0 Å². The van der Waals surface area contributed by atoms with Crippen LogP contribution in [0, 0.1) is 6.92 Å². The number of aromatic nitrogens is 3. The van der Waals surface area contributed by atoms with Crippen LogP contribution in [-0.2, 0) is 0 Å². The van der Waals surface area contributed by atoms with Gasteiger partial charge in [0, 0.05) is 5.92 Å². The van der Waals surface area contributed by atoms with E-state index < -0.39 is 0 Å². The number of carbonyl (C=O) groups excluding carboxylic acids is 1. The molecule has 0 bridgehead atoms. The number of nitrogens with one attached hydrogen (secondary N) is 2. The third-order valence-corrected chi connectivity index (χ3v) is 4.14. The number of H-pyrrole nitrogens is 1. The molecule has 104 valence electrons. The minimum absolute atomic E-state index is 0.243. The standard InChI is InChI=1S/C13H14BrN5O/c1-6-4-8(5-16-12(6)14)17-13(20)11-9(15)10(18-19-11)7-2-3-7/h4-5,7H,2-3,15H2,1H3,(H,17,20)(H,18,19). The van der Waals surface area contributed by atoms with Crippen molar-refractivity contribution in [2.45, 2.75) is 25.7 Å². The lowest BCUT2D eigenvalue weighted by Gasteiger charge is -2.05. The van der Waals surface area contributed by atoms with Crippen molar-refractivity contribution in [1.29, 1.82) is 0 Å². The van der Waals surface area contributed by atoms with E-state index in [4.69, 9.17) is 5.73 Å². The average molecular weight is 336 g/mol. The molecule has 0 radical (unpaired) electrons. The van der Waals surface area contributed by atoms with E-state index in [-0.39, 0.29) is 11.6 Å². The fourth-order valence-electron chi connectivity index (χ4n) is 2.04. The summed E-state index contributed by atoms with van der Waals surface area (Å²) in [6, 6.07) is 1.83. The minimum Gasteiger partial charge on any atom is -0.395 e. The molecule has 0 aliphatic heterocycles. The molecule has 1 amide bonds. The van der Waals surface area contributed by atoms with Crippen LogP contribution in [0.1, 0.15) is 40.5 Å². The van der Waals surface area contributed by atoms with Crippen molar-refractivity contribution in [3.8, 4) is 0 Å². The highest BCUT2D eigenvalue weighted by Gasteiger charge is 2.30. The molecule has 20 heavy (non-hydrogen) atoms. The molecular formula is C13H14BrN5O. The van der Waals surface area contributed by atoms with Gasteiger partial charge in [0.25, 0.3) is 5.91 Å². The molecule has 0 unspecified atom stereocenters. The van der Waals surface area contributed by atoms with Crippen LogP contribution in [0.3, 0.4) is 0 Å². The molecule has 1 aliphatic rings. The summed E-state index contributed by atoms with van der Waals surface area (Å²) in [6.45, 7) is 1.90. The first-order valence-corrected chi connectivity index (χ1v) is 7.12. The lowest BCUT2D eigenvalue weighted by molar-refractivity contribution is 0.102. The second-order valence-electron chi connectivity index (χ2n) is 4.96. The van der Waals surface area contributed by atoms with Gasteiger partial charge in [-0.05, 0) is 47.3 Å². The van der Waals surface area contributed by atoms with Crippen molar-refractivity contribution < 1.29 is 4.79 Å². The number of nitrogens with zero attached hydrogens (tertiary/aromatic N) is 2. The van der Waals surface area contributed by atoms with Crippen LogP contribution in [0.4, 0.5) is 11.4 Å². The molecule has 3 rings (SSSR count). The molecule has 2 heterocycles. The van der Waals surface area contributed by atoms with Crippen LogP contribution in [0.25, 0.3) is 0 Å². The van der Waals surface area contributed by atoms with E-state index in [2.05, 4.69) is 36.4 Å². The quantitative estimate of drug-likeness (QED) is 0.751. The first-order valence-electron chi connectivity index (χ1n) is 6.33. The second-order valence-corrected chi connectivity index (χ2v) is 5.71. The molecular weight excluding hydrogens is 322 g/mol. The molecule has 1 saturated carbocycles. The number of carbonyl (C=O) groups is 1. The molecule has 1 fully saturated rings. The topological polar surface area (TPSA) is 96.7 Å². The summed E-state index contributed by atoms with van der Waals surface area (Å²) in [6.07, 6.45) is 3.78. The van der Waals surface area contributed by atoms with Gasteiger partial charge in [-0.15, -0.1) is 0 Å². The summed E-state index contributed by atoms with van der Waals surface area (Å²) in [7, 11) is 0. The van der Waals surface area contributed by atoms with Gasteiger partial charge in [-0.3, -0.25) is 9.89 Å². The first-order chi connectivity index (χ1) is 9.56. The van der Waals surface area contributed by atoms with Gasteiger partial charge in [0.1, 0.15) is 4.60 Å². The molecule has 7 heteroatoms. The van der Waals surface area contributed by atoms with Gasteiger partial charge in [-0.25, -0.2) is 4.98 Å². The molecule has 6 nitrogen and oxygen atoms in total. The maximum absolute atomic E-state index is 12.2. The zero-order chi connectivity index (χ0) is 14.3. The molecule has 0 atom stereocenters. The highest BCUT2D eigenvalue weighted by atomic mass is 79.9. The summed E-state index contributed by atoms with van der Waals surface area (Å²) < 4.78 is 0.755. The number of hydrogen-bond donors (Lipinski definition) is 3. The van der Waals surface area contributed by atoms with Gasteiger partial charge in [-0.1, -0.05) is 0 Å². The van der Waals surface area contributed by atoms with E-state index in [0.29, 0.717) is 17.3 Å². The third kappa shape index (κ3) is 2.40. The fourth-order valence-corrected chi connectivity index (χ4v) is 2.25. The van der Waals surface area contributed by atoms with Gasteiger partial charge in [0.05, 0.1) is 23.3 Å². The summed E-state index contributed by atoms with van der Waals surface area (Å²) in [4.78, 5) is 16.3. The van der Waals surface area contributed by atoms with Crippen molar-refractivity contribution in [3.63, 3.8) is 0 Å². The second kappa shape index (κ2) is 4.90. The van der Waals surface area contributed by atoms with E-state index >= 15 is 0 Å². The maximum atomic E-state index is 12.2. The van der Waals surface area contributed by atoms with Crippen molar-refractivity contribution in [1.82, 2.24) is 15.2 Å². The van der Waals surface area contributed by atoms with Crippen molar-refractivity contribution >= 4 is 33.2 Å². The van der Waals surface area contributed by atoms with Gasteiger partial charge in [-0.2, -0.15) is 5.10 Å². The number of pyridine rings is 1. The summed E-state index contributed by atoms with van der Waals surface area (Å²) in [5, 5.41) is 9.64. The molecule has 0 spiro atoms. The van der Waals surface area contributed by atoms with Crippen LogP contribution < -0.4 is 11.1 Å². The van der Waals surface area contributed by atoms with E-state index in [1.165, 1.54) is 0 Å². The first kappa shape index (κ1) is 13.1. The van der Waals surface area contributed by atoms with Gasteiger partial charge >= 0.3 is 0 Å². The summed E-state index contributed by atoms with van der Waals surface area (Å²) in [5.41, 5.74) is 9.10. The van der Waals surface area contributed by atoms with Crippen LogP contribution in [0.2, 0.25) is 0 Å². The number of amides is 1. The SMILES string of the molecule is Cc1cc(NC(=O)c2n[nH]c(C3CC3)c2N)cnc1Br. The van der Waals surface area contributed by atoms with Crippen LogP contribution in [-0.4, -0.2) is 21.1 Å². The number of aryl methyl sites for hydroxylation is 1. The number of nitrogens with two attached hydrogens (primary N) is 1.